The molecule has 1 atom stereocenters. The largest absolute Gasteiger partial charge is 0.497 e. The van der Waals surface area contributed by atoms with E-state index in [0.717, 1.165) is 55.1 Å². The molecule has 3 rings (SSSR count). The number of piperazine rings is 1. The van der Waals surface area contributed by atoms with Gasteiger partial charge in [0, 0.05) is 55.4 Å². The lowest BCUT2D eigenvalue weighted by Gasteiger charge is -2.36. The van der Waals surface area contributed by atoms with Crippen LogP contribution >= 0.6 is 0 Å². The number of allylic oxidation sites excluding steroid dienone is 1. The Bertz CT molecular complexity index is 1040. The molecule has 1 fully saturated rings. The van der Waals surface area contributed by atoms with E-state index in [1.165, 1.54) is 18.8 Å². The van der Waals surface area contributed by atoms with Crippen molar-refractivity contribution in [2.45, 2.75) is 33.2 Å². The highest BCUT2D eigenvalue weighted by atomic mass is 16.5. The minimum Gasteiger partial charge on any atom is -0.497 e. The molecule has 4 N–H and O–H groups in total. The minimum absolute atomic E-state index is 0.109. The molecule has 0 aliphatic carbocycles. The molecule has 1 aliphatic heterocycles. The second kappa shape index (κ2) is 11.7. The lowest BCUT2D eigenvalue weighted by molar-refractivity contribution is 0.0939. The van der Waals surface area contributed by atoms with Crippen LogP contribution in [0, 0.1) is 12.3 Å². The normalized spacial score (nSPS) is 15.6. The van der Waals surface area contributed by atoms with Crippen LogP contribution in [-0.2, 0) is 0 Å². The van der Waals surface area contributed by atoms with E-state index in [9.17, 15) is 4.79 Å². The number of hydrogen-bond acceptors (Lipinski definition) is 6. The van der Waals surface area contributed by atoms with Crippen LogP contribution in [0.4, 0.5) is 5.69 Å². The third-order valence-corrected chi connectivity index (χ3v) is 6.42. The Hall–Kier alpha value is -3.32. The zero-order valence-corrected chi connectivity index (χ0v) is 20.7. The maximum atomic E-state index is 13.3. The topological polar surface area (TPSA) is 94.7 Å². The van der Waals surface area contributed by atoms with Gasteiger partial charge >= 0.3 is 0 Å². The Morgan fingerprint density at radius 3 is 2.56 bits per heavy atom. The molecular formula is C27H37N5O2. The second-order valence-corrected chi connectivity index (χ2v) is 8.78. The number of carbonyl (C=O) groups is 1. The standard InChI is InChI=1S/C27H37N5O2/c1-5-8-31-9-11-32(12-10-31)24-7-6-19(2)26(16-24)27(33)30-20(3)21-13-22(23(17-28)18-29)15-25(14-21)34-4/h6-7,13-18,20,28H,5,8-12,29H2,1-4H3,(H,30,33)/b23-18+,28-17?. The first kappa shape index (κ1) is 25.3. The molecule has 7 heteroatoms. The second-order valence-electron chi connectivity index (χ2n) is 8.78. The van der Waals surface area contributed by atoms with Crippen LogP contribution in [0.25, 0.3) is 5.57 Å². The first-order chi connectivity index (χ1) is 16.4. The van der Waals surface area contributed by atoms with E-state index in [0.29, 0.717) is 16.9 Å². The minimum atomic E-state index is -0.258. The molecule has 2 aromatic rings. The van der Waals surface area contributed by atoms with Crippen molar-refractivity contribution in [1.82, 2.24) is 10.2 Å². The van der Waals surface area contributed by atoms with Gasteiger partial charge in [0.15, 0.2) is 0 Å². The summed E-state index contributed by atoms with van der Waals surface area (Å²) in [4.78, 5) is 18.1. The van der Waals surface area contributed by atoms with E-state index < -0.39 is 0 Å². The maximum absolute atomic E-state index is 13.3. The van der Waals surface area contributed by atoms with Crippen LogP contribution < -0.4 is 20.7 Å². The predicted molar refractivity (Wildman–Crippen MR) is 140 cm³/mol. The van der Waals surface area contributed by atoms with Crippen molar-refractivity contribution in [3.8, 4) is 5.75 Å². The number of hydrogen-bond donors (Lipinski definition) is 3. The number of nitrogens with one attached hydrogen (secondary N) is 2. The zero-order chi connectivity index (χ0) is 24.7. The highest BCUT2D eigenvalue weighted by Crippen LogP contribution is 2.27. The van der Waals surface area contributed by atoms with Crippen molar-refractivity contribution in [3.63, 3.8) is 0 Å². The summed E-state index contributed by atoms with van der Waals surface area (Å²) in [5.74, 6) is 0.540. The predicted octanol–water partition coefficient (Wildman–Crippen LogP) is 3.98. The number of nitrogens with two attached hydrogens (primary N) is 1. The zero-order valence-electron chi connectivity index (χ0n) is 20.7. The molecule has 7 nitrogen and oxygen atoms in total. The van der Waals surface area contributed by atoms with Gasteiger partial charge in [-0.2, -0.15) is 0 Å². The van der Waals surface area contributed by atoms with Gasteiger partial charge in [0.1, 0.15) is 5.75 Å². The van der Waals surface area contributed by atoms with Crippen LogP contribution in [0.5, 0.6) is 5.75 Å². The number of nitrogens with zero attached hydrogens (tertiary/aromatic N) is 2. The Morgan fingerprint density at radius 1 is 1.21 bits per heavy atom. The highest BCUT2D eigenvalue weighted by Gasteiger charge is 2.20. The number of amides is 1. The van der Waals surface area contributed by atoms with Gasteiger partial charge in [0.2, 0.25) is 0 Å². The van der Waals surface area contributed by atoms with Gasteiger partial charge < -0.3 is 26.1 Å². The van der Waals surface area contributed by atoms with Gasteiger partial charge in [0.25, 0.3) is 5.91 Å². The quantitative estimate of drug-likeness (QED) is 0.489. The summed E-state index contributed by atoms with van der Waals surface area (Å²) in [5, 5.41) is 10.7. The third kappa shape index (κ3) is 5.97. The highest BCUT2D eigenvalue weighted by molar-refractivity contribution is 6.08. The SMILES string of the molecule is CCCN1CCN(c2ccc(C)c(C(=O)NC(C)c3cc(OC)cc(/C(C=N)=C/N)c3)c2)CC1. The summed E-state index contributed by atoms with van der Waals surface area (Å²) >= 11 is 0. The van der Waals surface area contributed by atoms with Gasteiger partial charge in [-0.3, -0.25) is 9.69 Å². The summed E-state index contributed by atoms with van der Waals surface area (Å²) in [7, 11) is 1.60. The van der Waals surface area contributed by atoms with Crippen LogP contribution in [0.15, 0.2) is 42.6 Å². The molecule has 2 aromatic carbocycles. The van der Waals surface area contributed by atoms with E-state index in [-0.39, 0.29) is 11.9 Å². The number of aryl methyl sites for hydroxylation is 1. The van der Waals surface area contributed by atoms with E-state index in [4.69, 9.17) is 15.9 Å². The average Bonchev–Trinajstić information content (AvgIpc) is 2.85. The fourth-order valence-electron chi connectivity index (χ4n) is 4.34. The van der Waals surface area contributed by atoms with E-state index >= 15 is 0 Å². The van der Waals surface area contributed by atoms with E-state index in [1.54, 1.807) is 7.11 Å². The van der Waals surface area contributed by atoms with Crippen molar-refractivity contribution < 1.29 is 9.53 Å². The molecule has 1 saturated heterocycles. The molecule has 0 spiro atoms. The third-order valence-electron chi connectivity index (χ3n) is 6.42. The smallest absolute Gasteiger partial charge is 0.252 e. The Kier molecular flexibility index (Phi) is 8.71. The van der Waals surface area contributed by atoms with Crippen molar-refractivity contribution >= 4 is 23.4 Å². The maximum Gasteiger partial charge on any atom is 0.252 e. The molecule has 182 valence electrons. The Morgan fingerprint density at radius 2 is 1.94 bits per heavy atom. The Labute approximate surface area is 203 Å². The molecular weight excluding hydrogens is 426 g/mol. The van der Waals surface area contributed by atoms with Gasteiger partial charge in [-0.15, -0.1) is 0 Å². The number of anilines is 1. The first-order valence-corrected chi connectivity index (χ1v) is 11.9. The van der Waals surface area contributed by atoms with E-state index in [1.807, 2.05) is 44.2 Å². The van der Waals surface area contributed by atoms with Crippen molar-refractivity contribution in [1.29, 1.82) is 5.41 Å². The van der Waals surface area contributed by atoms with Gasteiger partial charge in [-0.25, -0.2) is 0 Å². The summed E-state index contributed by atoms with van der Waals surface area (Å²) in [6.07, 6.45) is 3.78. The van der Waals surface area contributed by atoms with Gasteiger partial charge in [-0.1, -0.05) is 13.0 Å². The lowest BCUT2D eigenvalue weighted by Crippen LogP contribution is -2.46. The van der Waals surface area contributed by atoms with Gasteiger partial charge in [-0.05, 0) is 73.8 Å². The van der Waals surface area contributed by atoms with Crippen LogP contribution in [0.1, 0.15) is 53.4 Å². The molecule has 34 heavy (non-hydrogen) atoms. The fourth-order valence-corrected chi connectivity index (χ4v) is 4.34. The van der Waals surface area contributed by atoms with Crippen LogP contribution in [-0.4, -0.2) is 56.9 Å². The van der Waals surface area contributed by atoms with E-state index in [2.05, 4.69) is 28.1 Å². The summed E-state index contributed by atoms with van der Waals surface area (Å²) in [6, 6.07) is 11.5. The van der Waals surface area contributed by atoms with Gasteiger partial charge in [0.05, 0.1) is 13.2 Å². The number of rotatable bonds is 9. The summed E-state index contributed by atoms with van der Waals surface area (Å²) in [6.45, 7) is 11.3. The van der Waals surface area contributed by atoms with Crippen molar-refractivity contribution in [2.75, 3.05) is 44.7 Å². The van der Waals surface area contributed by atoms with Crippen LogP contribution in [0.3, 0.4) is 0 Å². The van der Waals surface area contributed by atoms with Crippen LogP contribution in [0.2, 0.25) is 0 Å². The Balaban J connectivity index is 1.77. The first-order valence-electron chi connectivity index (χ1n) is 11.9. The van der Waals surface area contributed by atoms with Crippen molar-refractivity contribution in [3.05, 3.63) is 64.9 Å². The molecule has 0 bridgehead atoms. The number of benzene rings is 2. The average molecular weight is 464 g/mol. The fraction of sp³-hybridized carbons (Fsp3) is 0.407. The molecule has 0 radical (unpaired) electrons. The number of ether oxygens (including phenoxy) is 1. The molecule has 1 amide bonds. The lowest BCUT2D eigenvalue weighted by atomic mass is 9.99. The summed E-state index contributed by atoms with van der Waals surface area (Å²) in [5.41, 5.74) is 10.6. The molecule has 0 aromatic heterocycles. The molecule has 1 heterocycles. The molecule has 0 saturated carbocycles. The molecule has 1 unspecified atom stereocenters. The van der Waals surface area contributed by atoms with Crippen molar-refractivity contribution in [2.24, 2.45) is 5.73 Å². The molecule has 1 aliphatic rings. The monoisotopic (exact) mass is 463 g/mol. The number of carbonyl (C=O) groups excluding carboxylic acids is 1. The number of methoxy groups -OCH3 is 1. The summed E-state index contributed by atoms with van der Waals surface area (Å²) < 4.78 is 5.43.